The highest BCUT2D eigenvalue weighted by Gasteiger charge is 2.34. The maximum absolute atomic E-state index is 6.55. The molecule has 7 aromatic rings. The van der Waals surface area contributed by atoms with Gasteiger partial charge >= 0.3 is 0 Å². The number of benzene rings is 5. The van der Waals surface area contributed by atoms with E-state index in [-0.39, 0.29) is 12.0 Å². The number of ether oxygens (including phenoxy) is 1. The molecular formula is C43H29N3O. The van der Waals surface area contributed by atoms with Crippen molar-refractivity contribution in [2.75, 3.05) is 0 Å². The lowest BCUT2D eigenvalue weighted by atomic mass is 9.91. The molecule has 1 aliphatic heterocycles. The number of nitrogens with zero attached hydrogens (tertiary/aromatic N) is 3. The minimum atomic E-state index is -0.00394. The third-order valence-electron chi connectivity index (χ3n) is 9.12. The van der Waals surface area contributed by atoms with E-state index in [0.717, 1.165) is 50.5 Å². The van der Waals surface area contributed by atoms with Crippen LogP contribution in [0.25, 0.3) is 66.9 Å². The molecule has 0 saturated heterocycles. The van der Waals surface area contributed by atoms with Crippen LogP contribution in [0.3, 0.4) is 0 Å². The van der Waals surface area contributed by atoms with Gasteiger partial charge in [0.1, 0.15) is 11.9 Å². The molecule has 0 N–H and O–H groups in total. The molecule has 4 nitrogen and oxygen atoms in total. The normalized spacial score (nSPS) is 16.1. The van der Waals surface area contributed by atoms with Crippen LogP contribution in [0.15, 0.2) is 164 Å². The number of para-hydroxylation sites is 1. The van der Waals surface area contributed by atoms with E-state index in [1.165, 1.54) is 21.9 Å². The summed E-state index contributed by atoms with van der Waals surface area (Å²) in [6.45, 7) is 0. The Morgan fingerprint density at radius 3 is 2.15 bits per heavy atom. The summed E-state index contributed by atoms with van der Waals surface area (Å²) in [5, 5.41) is 2.47. The van der Waals surface area contributed by atoms with Crippen molar-refractivity contribution in [1.29, 1.82) is 0 Å². The Hall–Kier alpha value is -6.13. The minimum absolute atomic E-state index is 0.00394. The maximum atomic E-state index is 6.55. The molecule has 47 heavy (non-hydrogen) atoms. The SMILES string of the molecule is C1=CC2Oc3c(-c4cc(-c5cccc(-c6cccnc6)c5)nc(-c5ccc(-c6ccc7ccccc7c6)cc5)n4)cccc3C2C=C1. The van der Waals surface area contributed by atoms with Crippen LogP contribution < -0.4 is 4.74 Å². The van der Waals surface area contributed by atoms with Crippen molar-refractivity contribution in [3.8, 4) is 61.9 Å². The second-order valence-electron chi connectivity index (χ2n) is 12.0. The molecule has 2 atom stereocenters. The van der Waals surface area contributed by atoms with E-state index in [1.54, 1.807) is 6.20 Å². The molecule has 222 valence electrons. The number of hydrogen-bond acceptors (Lipinski definition) is 4. The highest BCUT2D eigenvalue weighted by atomic mass is 16.5. The van der Waals surface area contributed by atoms with Crippen molar-refractivity contribution in [2.45, 2.75) is 12.0 Å². The molecule has 0 saturated carbocycles. The van der Waals surface area contributed by atoms with E-state index in [0.29, 0.717) is 5.82 Å². The lowest BCUT2D eigenvalue weighted by Crippen LogP contribution is -2.15. The zero-order valence-corrected chi connectivity index (χ0v) is 25.5. The molecular weight excluding hydrogens is 574 g/mol. The van der Waals surface area contributed by atoms with Crippen LogP contribution in [0.4, 0.5) is 0 Å². The van der Waals surface area contributed by atoms with Crippen molar-refractivity contribution in [3.05, 3.63) is 170 Å². The minimum Gasteiger partial charge on any atom is -0.484 e. The molecule has 0 fully saturated rings. The second-order valence-corrected chi connectivity index (χ2v) is 12.0. The number of rotatable bonds is 5. The van der Waals surface area contributed by atoms with Crippen molar-refractivity contribution in [3.63, 3.8) is 0 Å². The Kier molecular flexibility index (Phi) is 6.57. The van der Waals surface area contributed by atoms with Gasteiger partial charge in [-0.05, 0) is 63.9 Å². The fraction of sp³-hybridized carbons (Fsp3) is 0.0465. The third-order valence-corrected chi connectivity index (χ3v) is 9.12. The molecule has 5 aromatic carbocycles. The number of fused-ring (bicyclic) bond motifs is 4. The fourth-order valence-electron chi connectivity index (χ4n) is 6.70. The molecule has 2 aliphatic rings. The van der Waals surface area contributed by atoms with Crippen LogP contribution >= 0.6 is 0 Å². The molecule has 9 rings (SSSR count). The first kappa shape index (κ1) is 27.2. The van der Waals surface area contributed by atoms with Crippen LogP contribution in [-0.2, 0) is 0 Å². The van der Waals surface area contributed by atoms with Crippen LogP contribution in [0.1, 0.15) is 11.5 Å². The summed E-state index contributed by atoms with van der Waals surface area (Å²) < 4.78 is 6.55. The third kappa shape index (κ3) is 5.01. The fourth-order valence-corrected chi connectivity index (χ4v) is 6.70. The molecule has 0 bridgehead atoms. The van der Waals surface area contributed by atoms with E-state index in [9.17, 15) is 0 Å². The van der Waals surface area contributed by atoms with Crippen LogP contribution in [0.5, 0.6) is 5.75 Å². The van der Waals surface area contributed by atoms with Gasteiger partial charge in [-0.1, -0.05) is 115 Å². The monoisotopic (exact) mass is 603 g/mol. The van der Waals surface area contributed by atoms with Gasteiger partial charge in [-0.15, -0.1) is 0 Å². The predicted molar refractivity (Wildman–Crippen MR) is 190 cm³/mol. The topological polar surface area (TPSA) is 47.9 Å². The van der Waals surface area contributed by atoms with Crippen molar-refractivity contribution >= 4 is 10.8 Å². The molecule has 2 unspecified atom stereocenters. The summed E-state index contributed by atoms with van der Waals surface area (Å²) in [7, 11) is 0. The van der Waals surface area contributed by atoms with Gasteiger partial charge < -0.3 is 4.74 Å². The molecule has 0 amide bonds. The van der Waals surface area contributed by atoms with E-state index in [1.807, 2.05) is 12.3 Å². The van der Waals surface area contributed by atoms with E-state index >= 15 is 0 Å². The van der Waals surface area contributed by atoms with E-state index < -0.39 is 0 Å². The molecule has 2 aromatic heterocycles. The predicted octanol–water partition coefficient (Wildman–Crippen LogP) is 10.3. The molecule has 0 radical (unpaired) electrons. The van der Waals surface area contributed by atoms with Crippen molar-refractivity contribution in [1.82, 2.24) is 15.0 Å². The van der Waals surface area contributed by atoms with Gasteiger partial charge in [0, 0.05) is 46.1 Å². The average Bonchev–Trinajstić information content (AvgIpc) is 3.54. The molecule has 3 heterocycles. The summed E-state index contributed by atoms with van der Waals surface area (Å²) in [5.74, 6) is 1.77. The Labute approximate surface area is 273 Å². The lowest BCUT2D eigenvalue weighted by Gasteiger charge is -2.14. The summed E-state index contributed by atoms with van der Waals surface area (Å²) in [4.78, 5) is 14.7. The van der Waals surface area contributed by atoms with Crippen LogP contribution in [-0.4, -0.2) is 21.1 Å². The second kappa shape index (κ2) is 11.3. The lowest BCUT2D eigenvalue weighted by molar-refractivity contribution is 0.270. The molecule has 4 heteroatoms. The molecule has 1 aliphatic carbocycles. The first-order valence-corrected chi connectivity index (χ1v) is 15.9. The van der Waals surface area contributed by atoms with Crippen molar-refractivity contribution < 1.29 is 4.74 Å². The zero-order valence-electron chi connectivity index (χ0n) is 25.5. The summed E-state index contributed by atoms with van der Waals surface area (Å²) in [6, 6.07) is 44.6. The first-order chi connectivity index (χ1) is 23.3. The van der Waals surface area contributed by atoms with Crippen molar-refractivity contribution in [2.24, 2.45) is 0 Å². The standard InChI is InChI=1S/C43H29N3O/c1-2-9-31-24-33(22-19-28(31)8-1)29-17-20-30(21-18-29)43-45-39(34-11-5-10-32(25-34)35-12-7-23-44-27-35)26-40(46-43)38-15-6-14-37-36-13-3-4-16-41(36)47-42(37)38/h1-27,36,41H. The van der Waals surface area contributed by atoms with Gasteiger partial charge in [-0.3, -0.25) is 4.98 Å². The van der Waals surface area contributed by atoms with E-state index in [4.69, 9.17) is 14.7 Å². The van der Waals surface area contributed by atoms with Gasteiger partial charge in [-0.25, -0.2) is 9.97 Å². The Morgan fingerprint density at radius 1 is 0.511 bits per heavy atom. The van der Waals surface area contributed by atoms with Gasteiger partial charge in [0.2, 0.25) is 0 Å². The maximum Gasteiger partial charge on any atom is 0.160 e. The Morgan fingerprint density at radius 2 is 1.26 bits per heavy atom. The van der Waals surface area contributed by atoms with Gasteiger partial charge in [0.05, 0.1) is 11.4 Å². The number of pyridine rings is 1. The summed E-state index contributed by atoms with van der Waals surface area (Å²) in [5.41, 5.74) is 10.3. The van der Waals surface area contributed by atoms with Gasteiger partial charge in [-0.2, -0.15) is 0 Å². The number of allylic oxidation sites excluding steroid dienone is 2. The van der Waals surface area contributed by atoms with Crippen LogP contribution in [0.2, 0.25) is 0 Å². The van der Waals surface area contributed by atoms with E-state index in [2.05, 4.69) is 151 Å². The van der Waals surface area contributed by atoms with Crippen LogP contribution in [0, 0.1) is 0 Å². The van der Waals surface area contributed by atoms with Gasteiger partial charge in [0.25, 0.3) is 0 Å². The Balaban J connectivity index is 1.16. The summed E-state index contributed by atoms with van der Waals surface area (Å²) >= 11 is 0. The Bertz CT molecular complexity index is 2340. The smallest absolute Gasteiger partial charge is 0.160 e. The highest BCUT2D eigenvalue weighted by Crippen LogP contribution is 2.46. The average molecular weight is 604 g/mol. The zero-order chi connectivity index (χ0) is 31.2. The quantitative estimate of drug-likeness (QED) is 0.196. The number of aromatic nitrogens is 3. The first-order valence-electron chi connectivity index (χ1n) is 15.9. The largest absolute Gasteiger partial charge is 0.484 e. The summed E-state index contributed by atoms with van der Waals surface area (Å²) in [6.07, 6.45) is 12.2. The number of hydrogen-bond donors (Lipinski definition) is 0. The van der Waals surface area contributed by atoms with Gasteiger partial charge in [0.15, 0.2) is 5.82 Å². The highest BCUT2D eigenvalue weighted by molar-refractivity contribution is 5.87. The molecule has 0 spiro atoms.